The molecule has 0 fully saturated rings. The molecule has 1 aromatic carbocycles. The van der Waals surface area contributed by atoms with Crippen LogP contribution in [0.25, 0.3) is 11.1 Å². The molecule has 28 heavy (non-hydrogen) atoms. The number of amides is 1. The minimum atomic E-state index is -0.473. The van der Waals surface area contributed by atoms with Gasteiger partial charge in [-0.3, -0.25) is 9.89 Å². The van der Waals surface area contributed by atoms with Crippen LogP contribution < -0.4 is 10.5 Å². The Bertz CT molecular complexity index is 1130. The van der Waals surface area contributed by atoms with E-state index in [1.165, 1.54) is 29.3 Å². The van der Waals surface area contributed by atoms with Crippen LogP contribution >= 0.6 is 0 Å². The molecule has 2 bridgehead atoms. The van der Waals surface area contributed by atoms with Gasteiger partial charge in [-0.15, -0.1) is 0 Å². The lowest BCUT2D eigenvalue weighted by Gasteiger charge is -2.21. The molecule has 0 saturated carbocycles. The van der Waals surface area contributed by atoms with Crippen LogP contribution in [0.4, 0.5) is 10.2 Å². The van der Waals surface area contributed by atoms with Crippen LogP contribution in [-0.2, 0) is 13.2 Å². The number of ether oxygens (including phenoxy) is 1. The number of hydrogen-bond donors (Lipinski definition) is 2. The summed E-state index contributed by atoms with van der Waals surface area (Å²) in [6, 6.07) is 7.59. The number of fused-ring (bicyclic) bond motifs is 5. The fourth-order valence-electron chi connectivity index (χ4n) is 3.15. The maximum absolute atomic E-state index is 13.8. The van der Waals surface area contributed by atoms with E-state index >= 15 is 0 Å². The van der Waals surface area contributed by atoms with Gasteiger partial charge in [-0.25, -0.2) is 9.37 Å². The molecule has 8 nitrogen and oxygen atoms in total. The number of carbonyl (C=O) groups excluding carboxylic acids is 1. The fourth-order valence-corrected chi connectivity index (χ4v) is 3.15. The van der Waals surface area contributed by atoms with Crippen LogP contribution in [0.15, 0.2) is 30.5 Å². The Morgan fingerprint density at radius 1 is 1.39 bits per heavy atom. The monoisotopic (exact) mass is 378 g/mol. The molecule has 140 valence electrons. The largest absolute Gasteiger partial charge is 0.485 e. The Kier molecular flexibility index (Phi) is 4.16. The predicted molar refractivity (Wildman–Crippen MR) is 97.5 cm³/mol. The second-order valence-corrected chi connectivity index (χ2v) is 6.40. The third kappa shape index (κ3) is 2.91. The van der Waals surface area contributed by atoms with Crippen molar-refractivity contribution in [1.82, 2.24) is 20.1 Å². The molecule has 0 atom stereocenters. The highest BCUT2D eigenvalue weighted by atomic mass is 19.1. The maximum Gasteiger partial charge on any atom is 0.254 e. The molecule has 4 rings (SSSR count). The predicted octanol–water partition coefficient (Wildman–Crippen LogP) is 2.23. The molecular formula is C19H15FN6O2. The van der Waals surface area contributed by atoms with Gasteiger partial charge in [0.25, 0.3) is 5.91 Å². The second kappa shape index (κ2) is 6.66. The second-order valence-electron chi connectivity index (χ2n) is 6.40. The molecule has 0 unspecified atom stereocenters. The van der Waals surface area contributed by atoms with E-state index in [4.69, 9.17) is 10.5 Å². The molecule has 1 amide bonds. The Morgan fingerprint density at radius 3 is 3.00 bits per heavy atom. The van der Waals surface area contributed by atoms with Crippen molar-refractivity contribution in [2.45, 2.75) is 13.2 Å². The van der Waals surface area contributed by atoms with Crippen LogP contribution in [0.2, 0.25) is 0 Å². The van der Waals surface area contributed by atoms with Crippen LogP contribution in [0.3, 0.4) is 0 Å². The number of H-pyrrole nitrogens is 1. The number of nitrogens with two attached hydrogens (primary N) is 1. The zero-order chi connectivity index (χ0) is 19.8. The van der Waals surface area contributed by atoms with Gasteiger partial charge in [0, 0.05) is 35.5 Å². The highest BCUT2D eigenvalue weighted by molar-refractivity contribution is 5.95. The first-order valence-electron chi connectivity index (χ1n) is 8.38. The van der Waals surface area contributed by atoms with Gasteiger partial charge in [0.15, 0.2) is 17.3 Å². The number of nitrogen functional groups attached to an aromatic ring is 1. The molecule has 2 aromatic heterocycles. The number of carbonyl (C=O) groups is 1. The first-order valence-corrected chi connectivity index (χ1v) is 8.38. The molecule has 1 aliphatic rings. The molecule has 0 spiro atoms. The number of nitrogens with zero attached hydrogens (tertiary/aromatic N) is 4. The molecule has 3 heterocycles. The number of halogens is 1. The lowest BCUT2D eigenvalue weighted by molar-refractivity contribution is 0.0780. The lowest BCUT2D eigenvalue weighted by Crippen LogP contribution is -2.28. The van der Waals surface area contributed by atoms with Crippen molar-refractivity contribution < 1.29 is 13.9 Å². The summed E-state index contributed by atoms with van der Waals surface area (Å²) in [4.78, 5) is 18.5. The number of benzene rings is 1. The van der Waals surface area contributed by atoms with Gasteiger partial charge in [0.05, 0.1) is 12.2 Å². The van der Waals surface area contributed by atoms with E-state index in [2.05, 4.69) is 15.2 Å². The number of nitrogens with one attached hydrogen (secondary N) is 1. The van der Waals surface area contributed by atoms with Crippen molar-refractivity contribution >= 4 is 11.7 Å². The average Bonchev–Trinajstić information content (AvgIpc) is 3.08. The number of aromatic amines is 1. The Hall–Kier alpha value is -3.93. The zero-order valence-corrected chi connectivity index (χ0v) is 14.9. The van der Waals surface area contributed by atoms with Crippen molar-refractivity contribution in [3.05, 3.63) is 58.8 Å². The van der Waals surface area contributed by atoms with Crippen LogP contribution in [0, 0.1) is 17.1 Å². The average molecular weight is 378 g/mol. The van der Waals surface area contributed by atoms with Gasteiger partial charge in [-0.1, -0.05) is 0 Å². The lowest BCUT2D eigenvalue weighted by atomic mass is 10.0. The normalized spacial score (nSPS) is 13.5. The number of hydrogen-bond acceptors (Lipinski definition) is 6. The molecule has 0 radical (unpaired) electrons. The maximum atomic E-state index is 13.8. The van der Waals surface area contributed by atoms with Gasteiger partial charge in [-0.05, 0) is 24.3 Å². The molecule has 3 N–H and O–H groups in total. The van der Waals surface area contributed by atoms with Crippen molar-refractivity contribution in [2.24, 2.45) is 0 Å². The molecule has 3 aromatic rings. The quantitative estimate of drug-likeness (QED) is 0.619. The van der Waals surface area contributed by atoms with E-state index in [0.717, 1.165) is 0 Å². The van der Waals surface area contributed by atoms with E-state index in [-0.39, 0.29) is 36.3 Å². The van der Waals surface area contributed by atoms with Crippen LogP contribution in [-0.4, -0.2) is 33.0 Å². The SMILES string of the molecule is CN1Cc2[nH]nc(C#N)c2-c2cnc(N)c(c2)OCc2cc(F)ccc2C1=O. The summed E-state index contributed by atoms with van der Waals surface area (Å²) in [5.74, 6) is -0.372. The molecule has 0 aliphatic carbocycles. The Labute approximate surface area is 159 Å². The molecule has 9 heteroatoms. The van der Waals surface area contributed by atoms with Crippen LogP contribution in [0.5, 0.6) is 5.75 Å². The summed E-state index contributed by atoms with van der Waals surface area (Å²) in [7, 11) is 1.62. The molecular weight excluding hydrogens is 363 g/mol. The summed E-state index contributed by atoms with van der Waals surface area (Å²) in [6.07, 6.45) is 1.51. The van der Waals surface area contributed by atoms with E-state index in [0.29, 0.717) is 27.9 Å². The fraction of sp³-hybridized carbons (Fsp3) is 0.158. The number of anilines is 1. The summed E-state index contributed by atoms with van der Waals surface area (Å²) in [5.41, 5.74) is 8.45. The Morgan fingerprint density at radius 2 is 2.21 bits per heavy atom. The summed E-state index contributed by atoms with van der Waals surface area (Å²) in [5, 5.41) is 16.2. The highest BCUT2D eigenvalue weighted by Gasteiger charge is 2.23. The van der Waals surface area contributed by atoms with Gasteiger partial charge in [-0.2, -0.15) is 10.4 Å². The van der Waals surface area contributed by atoms with Crippen molar-refractivity contribution in [3.8, 4) is 22.9 Å². The minimum absolute atomic E-state index is 0.0641. The topological polar surface area (TPSA) is 121 Å². The zero-order valence-electron chi connectivity index (χ0n) is 14.9. The van der Waals surface area contributed by atoms with Gasteiger partial charge >= 0.3 is 0 Å². The standard InChI is InChI=1S/C19H15FN6O2/c1-26-8-15-17(14(6-21)24-25-15)10-5-16(18(22)23-7-10)28-9-11-4-12(20)2-3-13(11)19(26)27/h2-5,7H,8-9H2,1H3,(H2,22,23)(H,24,25). The minimum Gasteiger partial charge on any atom is -0.485 e. The first kappa shape index (κ1) is 17.5. The number of pyridine rings is 1. The van der Waals surface area contributed by atoms with E-state index in [1.807, 2.05) is 6.07 Å². The smallest absolute Gasteiger partial charge is 0.254 e. The third-order valence-corrected chi connectivity index (χ3v) is 4.54. The van der Waals surface area contributed by atoms with Gasteiger partial charge in [0.1, 0.15) is 18.5 Å². The number of nitriles is 1. The summed E-state index contributed by atoms with van der Waals surface area (Å²) in [6.45, 7) is 0.103. The molecule has 0 saturated heterocycles. The molecule has 1 aliphatic heterocycles. The van der Waals surface area contributed by atoms with Crippen LogP contribution in [0.1, 0.15) is 27.3 Å². The van der Waals surface area contributed by atoms with Crippen molar-refractivity contribution in [2.75, 3.05) is 12.8 Å². The number of rotatable bonds is 0. The van der Waals surface area contributed by atoms with Crippen molar-refractivity contribution in [1.29, 1.82) is 5.26 Å². The van der Waals surface area contributed by atoms with E-state index < -0.39 is 5.82 Å². The summed E-state index contributed by atoms with van der Waals surface area (Å²) >= 11 is 0. The number of aromatic nitrogens is 3. The van der Waals surface area contributed by atoms with E-state index in [9.17, 15) is 14.4 Å². The Balaban J connectivity index is 1.91. The van der Waals surface area contributed by atoms with E-state index in [1.54, 1.807) is 13.1 Å². The summed E-state index contributed by atoms with van der Waals surface area (Å²) < 4.78 is 19.5. The van der Waals surface area contributed by atoms with Gasteiger partial charge in [0.2, 0.25) is 0 Å². The third-order valence-electron chi connectivity index (χ3n) is 4.54. The first-order chi connectivity index (χ1) is 13.5. The highest BCUT2D eigenvalue weighted by Crippen LogP contribution is 2.32. The van der Waals surface area contributed by atoms with Crippen molar-refractivity contribution in [3.63, 3.8) is 0 Å². The van der Waals surface area contributed by atoms with Gasteiger partial charge < -0.3 is 15.4 Å².